The SMILES string of the molecule is Cc1cc(C)cc(Nc2cc(NC(C)(C)C)nc(C)n2)c1. The summed E-state index contributed by atoms with van der Waals surface area (Å²) in [4.78, 5) is 8.89. The molecule has 112 valence electrons. The summed E-state index contributed by atoms with van der Waals surface area (Å²) in [5.74, 6) is 2.39. The van der Waals surface area contributed by atoms with Crippen LogP contribution >= 0.6 is 0 Å². The van der Waals surface area contributed by atoms with Crippen molar-refractivity contribution in [1.82, 2.24) is 9.97 Å². The summed E-state index contributed by atoms with van der Waals surface area (Å²) < 4.78 is 0. The Morgan fingerprint density at radius 2 is 1.38 bits per heavy atom. The molecule has 0 amide bonds. The molecule has 2 N–H and O–H groups in total. The highest BCUT2D eigenvalue weighted by molar-refractivity contribution is 5.61. The van der Waals surface area contributed by atoms with Crippen molar-refractivity contribution in [2.24, 2.45) is 0 Å². The number of rotatable bonds is 3. The van der Waals surface area contributed by atoms with E-state index in [0.29, 0.717) is 0 Å². The van der Waals surface area contributed by atoms with Gasteiger partial charge in [-0.05, 0) is 64.8 Å². The number of hydrogen-bond donors (Lipinski definition) is 2. The summed E-state index contributed by atoms with van der Waals surface area (Å²) in [6.45, 7) is 12.4. The van der Waals surface area contributed by atoms with Gasteiger partial charge in [0.25, 0.3) is 0 Å². The topological polar surface area (TPSA) is 49.8 Å². The standard InChI is InChI=1S/C17H24N4/c1-11-7-12(2)9-14(8-11)20-15-10-16(19-13(3)18-15)21-17(4,5)6/h7-10H,1-6H3,(H2,18,19,20,21). The number of benzene rings is 1. The third kappa shape index (κ3) is 4.74. The highest BCUT2D eigenvalue weighted by Gasteiger charge is 2.11. The molecule has 4 heteroatoms. The van der Waals surface area contributed by atoms with Gasteiger partial charge in [-0.15, -0.1) is 0 Å². The van der Waals surface area contributed by atoms with Crippen molar-refractivity contribution in [3.05, 3.63) is 41.2 Å². The first-order valence-corrected chi connectivity index (χ1v) is 7.20. The van der Waals surface area contributed by atoms with Crippen LogP contribution in [0.2, 0.25) is 0 Å². The number of aryl methyl sites for hydroxylation is 3. The van der Waals surface area contributed by atoms with Gasteiger partial charge in [0.15, 0.2) is 0 Å². The van der Waals surface area contributed by atoms with Gasteiger partial charge in [-0.1, -0.05) is 6.07 Å². The Balaban J connectivity index is 2.27. The lowest BCUT2D eigenvalue weighted by Crippen LogP contribution is -2.26. The number of nitrogens with zero attached hydrogens (tertiary/aromatic N) is 2. The summed E-state index contributed by atoms with van der Waals surface area (Å²) >= 11 is 0. The Bertz CT molecular complexity index is 621. The molecule has 1 aromatic heterocycles. The fourth-order valence-electron chi connectivity index (χ4n) is 2.27. The van der Waals surface area contributed by atoms with E-state index in [4.69, 9.17) is 0 Å². The van der Waals surface area contributed by atoms with Crippen molar-refractivity contribution >= 4 is 17.3 Å². The van der Waals surface area contributed by atoms with Crippen molar-refractivity contribution in [3.63, 3.8) is 0 Å². The number of aromatic nitrogens is 2. The van der Waals surface area contributed by atoms with Gasteiger partial charge >= 0.3 is 0 Å². The predicted octanol–water partition coefficient (Wildman–Crippen LogP) is 4.36. The molecule has 0 aliphatic rings. The summed E-state index contributed by atoms with van der Waals surface area (Å²) in [7, 11) is 0. The number of anilines is 3. The fourth-order valence-corrected chi connectivity index (χ4v) is 2.27. The molecular weight excluding hydrogens is 260 g/mol. The first-order chi connectivity index (χ1) is 9.71. The van der Waals surface area contributed by atoms with E-state index in [9.17, 15) is 0 Å². The maximum atomic E-state index is 4.46. The minimum Gasteiger partial charge on any atom is -0.365 e. The Labute approximate surface area is 127 Å². The van der Waals surface area contributed by atoms with Crippen molar-refractivity contribution < 1.29 is 0 Å². The highest BCUT2D eigenvalue weighted by atomic mass is 15.1. The zero-order chi connectivity index (χ0) is 15.6. The van der Waals surface area contributed by atoms with E-state index < -0.39 is 0 Å². The molecule has 0 aliphatic heterocycles. The highest BCUT2D eigenvalue weighted by Crippen LogP contribution is 2.21. The second-order valence-electron chi connectivity index (χ2n) is 6.56. The summed E-state index contributed by atoms with van der Waals surface area (Å²) in [6, 6.07) is 8.32. The number of nitrogens with one attached hydrogen (secondary N) is 2. The van der Waals surface area contributed by atoms with Crippen LogP contribution in [0.5, 0.6) is 0 Å². The van der Waals surface area contributed by atoms with E-state index in [1.54, 1.807) is 0 Å². The molecule has 1 heterocycles. The molecule has 0 unspecified atom stereocenters. The van der Waals surface area contributed by atoms with Crippen molar-refractivity contribution in [2.45, 2.75) is 47.1 Å². The summed E-state index contributed by atoms with van der Waals surface area (Å²) in [5.41, 5.74) is 3.48. The molecule has 1 aromatic carbocycles. The number of hydrogen-bond acceptors (Lipinski definition) is 4. The molecular formula is C17H24N4. The van der Waals surface area contributed by atoms with E-state index in [-0.39, 0.29) is 5.54 Å². The Morgan fingerprint density at radius 1 is 0.810 bits per heavy atom. The van der Waals surface area contributed by atoms with E-state index >= 15 is 0 Å². The van der Waals surface area contributed by atoms with Crippen LogP contribution < -0.4 is 10.6 Å². The lowest BCUT2D eigenvalue weighted by Gasteiger charge is -2.21. The van der Waals surface area contributed by atoms with E-state index in [1.165, 1.54) is 11.1 Å². The monoisotopic (exact) mass is 284 g/mol. The zero-order valence-electron chi connectivity index (χ0n) is 13.7. The average Bonchev–Trinajstić information content (AvgIpc) is 2.23. The maximum Gasteiger partial charge on any atom is 0.136 e. The van der Waals surface area contributed by atoms with E-state index in [0.717, 1.165) is 23.1 Å². The third-order valence-corrected chi connectivity index (χ3v) is 2.84. The van der Waals surface area contributed by atoms with Crippen LogP contribution in [-0.4, -0.2) is 15.5 Å². The maximum absolute atomic E-state index is 4.46. The molecule has 0 fully saturated rings. The fraction of sp³-hybridized carbons (Fsp3) is 0.412. The van der Waals surface area contributed by atoms with Crippen molar-refractivity contribution in [2.75, 3.05) is 10.6 Å². The van der Waals surface area contributed by atoms with Crippen LogP contribution in [0, 0.1) is 20.8 Å². The van der Waals surface area contributed by atoms with Crippen LogP contribution in [0.15, 0.2) is 24.3 Å². The minimum atomic E-state index is -0.0298. The van der Waals surface area contributed by atoms with Gasteiger partial charge in [0.2, 0.25) is 0 Å². The van der Waals surface area contributed by atoms with Gasteiger partial charge in [0.05, 0.1) is 0 Å². The molecule has 0 radical (unpaired) electrons. The average molecular weight is 284 g/mol. The largest absolute Gasteiger partial charge is 0.365 e. The molecule has 0 spiro atoms. The normalized spacial score (nSPS) is 11.3. The van der Waals surface area contributed by atoms with Crippen LogP contribution in [0.4, 0.5) is 17.3 Å². The van der Waals surface area contributed by atoms with Crippen LogP contribution in [-0.2, 0) is 0 Å². The molecule has 0 bridgehead atoms. The summed E-state index contributed by atoms with van der Waals surface area (Å²) in [6.07, 6.45) is 0. The molecule has 0 saturated carbocycles. The van der Waals surface area contributed by atoms with Crippen molar-refractivity contribution in [3.8, 4) is 0 Å². The Morgan fingerprint density at radius 3 is 1.95 bits per heavy atom. The van der Waals surface area contributed by atoms with Crippen LogP contribution in [0.1, 0.15) is 37.7 Å². The van der Waals surface area contributed by atoms with Gasteiger partial charge in [-0.3, -0.25) is 0 Å². The van der Waals surface area contributed by atoms with Gasteiger partial charge < -0.3 is 10.6 Å². The van der Waals surface area contributed by atoms with Gasteiger partial charge in [0, 0.05) is 17.3 Å². The van der Waals surface area contributed by atoms with Crippen LogP contribution in [0.25, 0.3) is 0 Å². The molecule has 21 heavy (non-hydrogen) atoms. The second-order valence-corrected chi connectivity index (χ2v) is 6.56. The smallest absolute Gasteiger partial charge is 0.136 e. The minimum absolute atomic E-state index is 0.0298. The predicted molar refractivity (Wildman–Crippen MR) is 89.3 cm³/mol. The molecule has 4 nitrogen and oxygen atoms in total. The molecule has 2 aromatic rings. The lowest BCUT2D eigenvalue weighted by molar-refractivity contribution is 0.629. The van der Waals surface area contributed by atoms with Crippen LogP contribution in [0.3, 0.4) is 0 Å². The van der Waals surface area contributed by atoms with E-state index in [1.807, 2.05) is 13.0 Å². The Hall–Kier alpha value is -2.10. The zero-order valence-corrected chi connectivity index (χ0v) is 13.7. The van der Waals surface area contributed by atoms with Gasteiger partial charge in [-0.2, -0.15) is 0 Å². The molecule has 0 atom stereocenters. The van der Waals surface area contributed by atoms with Gasteiger partial charge in [0.1, 0.15) is 17.5 Å². The van der Waals surface area contributed by atoms with E-state index in [2.05, 4.69) is 73.4 Å². The molecule has 0 saturated heterocycles. The Kier molecular flexibility index (Phi) is 4.16. The van der Waals surface area contributed by atoms with Gasteiger partial charge in [-0.25, -0.2) is 9.97 Å². The lowest BCUT2D eigenvalue weighted by atomic mass is 10.1. The molecule has 0 aliphatic carbocycles. The third-order valence-electron chi connectivity index (χ3n) is 2.84. The summed E-state index contributed by atoms with van der Waals surface area (Å²) in [5, 5.41) is 6.74. The first kappa shape index (κ1) is 15.3. The quantitative estimate of drug-likeness (QED) is 0.879. The molecule has 2 rings (SSSR count). The second kappa shape index (κ2) is 5.72. The first-order valence-electron chi connectivity index (χ1n) is 7.20. The van der Waals surface area contributed by atoms with Crippen molar-refractivity contribution in [1.29, 1.82) is 0 Å².